The van der Waals surface area contributed by atoms with Crippen molar-refractivity contribution in [3.63, 3.8) is 0 Å². The molecule has 8 nitrogen and oxygen atoms in total. The third-order valence-corrected chi connectivity index (χ3v) is 6.92. The molecule has 0 bridgehead atoms. The molecule has 9 heteroatoms. The van der Waals surface area contributed by atoms with E-state index < -0.39 is 8.80 Å². The number of esters is 2. The summed E-state index contributed by atoms with van der Waals surface area (Å²) >= 11 is 0. The summed E-state index contributed by atoms with van der Waals surface area (Å²) in [4.78, 5) is 24.9. The molecule has 0 aromatic heterocycles. The average Bonchev–Trinajstić information content (AvgIpc) is 2.63. The zero-order valence-electron chi connectivity index (χ0n) is 16.9. The lowest BCUT2D eigenvalue weighted by molar-refractivity contribution is -0.141. The van der Waals surface area contributed by atoms with E-state index in [1.807, 2.05) is 20.8 Å². The summed E-state index contributed by atoms with van der Waals surface area (Å²) in [5, 5.41) is 0. The molecule has 0 radical (unpaired) electrons. The summed E-state index contributed by atoms with van der Waals surface area (Å²) in [7, 11) is 0.0612. The number of carbonyl (C=O) groups excluding carboxylic acids is 2. The van der Waals surface area contributed by atoms with Gasteiger partial charge in [-0.05, 0) is 33.7 Å². The second-order valence-electron chi connectivity index (χ2n) is 5.58. The van der Waals surface area contributed by atoms with E-state index in [0.717, 1.165) is 6.42 Å². The fourth-order valence-electron chi connectivity index (χ4n) is 2.56. The summed E-state index contributed by atoms with van der Waals surface area (Å²) in [5.41, 5.74) is 0. The Hall–Kier alpha value is -1.00. The molecular weight excluding hydrogens is 358 g/mol. The van der Waals surface area contributed by atoms with Gasteiger partial charge in [-0.1, -0.05) is 0 Å². The predicted molar refractivity (Wildman–Crippen MR) is 99.8 cm³/mol. The van der Waals surface area contributed by atoms with Crippen LogP contribution in [-0.4, -0.2) is 79.3 Å². The third-order valence-electron chi connectivity index (χ3n) is 3.77. The molecular formula is C17H35NO7Si. The molecule has 0 aromatic carbocycles. The first-order valence-electron chi connectivity index (χ1n) is 9.24. The van der Waals surface area contributed by atoms with Crippen molar-refractivity contribution in [1.29, 1.82) is 0 Å². The first kappa shape index (κ1) is 25.0. The van der Waals surface area contributed by atoms with E-state index in [0.29, 0.717) is 45.5 Å². The lowest BCUT2D eigenvalue weighted by atomic mass is 10.3. The maximum Gasteiger partial charge on any atom is 0.500 e. The Labute approximate surface area is 158 Å². The van der Waals surface area contributed by atoms with Crippen LogP contribution in [0.15, 0.2) is 0 Å². The van der Waals surface area contributed by atoms with E-state index in [1.54, 1.807) is 0 Å². The van der Waals surface area contributed by atoms with E-state index in [2.05, 4.69) is 4.90 Å². The van der Waals surface area contributed by atoms with E-state index in [1.165, 1.54) is 14.2 Å². The van der Waals surface area contributed by atoms with E-state index >= 15 is 0 Å². The molecule has 0 rings (SSSR count). The SMILES string of the molecule is CCO[Si](CCCN(CCC(=O)OC)CCC(=O)OC)(OCC)OCC. The molecule has 0 aliphatic carbocycles. The molecule has 26 heavy (non-hydrogen) atoms. The average molecular weight is 394 g/mol. The smallest absolute Gasteiger partial charge is 0.469 e. The van der Waals surface area contributed by atoms with Crippen LogP contribution in [0.3, 0.4) is 0 Å². The number of carbonyl (C=O) groups is 2. The maximum atomic E-state index is 11.4. The van der Waals surface area contributed by atoms with E-state index in [9.17, 15) is 9.59 Å². The Morgan fingerprint density at radius 2 is 1.19 bits per heavy atom. The molecule has 0 unspecified atom stereocenters. The Kier molecular flexibility index (Phi) is 14.5. The molecule has 0 N–H and O–H groups in total. The van der Waals surface area contributed by atoms with Gasteiger partial charge in [-0.2, -0.15) is 0 Å². The van der Waals surface area contributed by atoms with Crippen molar-refractivity contribution in [2.45, 2.75) is 46.1 Å². The lowest BCUT2D eigenvalue weighted by Crippen LogP contribution is -2.46. The van der Waals surface area contributed by atoms with Gasteiger partial charge in [0.1, 0.15) is 0 Å². The van der Waals surface area contributed by atoms with Crippen molar-refractivity contribution in [2.24, 2.45) is 0 Å². The van der Waals surface area contributed by atoms with Crippen LogP contribution < -0.4 is 0 Å². The minimum atomic E-state index is -2.68. The third kappa shape index (κ3) is 10.9. The monoisotopic (exact) mass is 393 g/mol. The first-order valence-corrected chi connectivity index (χ1v) is 11.2. The van der Waals surface area contributed by atoms with Crippen molar-refractivity contribution in [3.8, 4) is 0 Å². The van der Waals surface area contributed by atoms with Crippen LogP contribution in [0, 0.1) is 0 Å². The Morgan fingerprint density at radius 1 is 0.769 bits per heavy atom. The van der Waals surface area contributed by atoms with Crippen LogP contribution in [0.5, 0.6) is 0 Å². The van der Waals surface area contributed by atoms with Gasteiger partial charge in [-0.15, -0.1) is 0 Å². The molecule has 0 fully saturated rings. The number of nitrogens with zero attached hydrogens (tertiary/aromatic N) is 1. The molecule has 0 saturated heterocycles. The van der Waals surface area contributed by atoms with Crippen LogP contribution in [0.25, 0.3) is 0 Å². The van der Waals surface area contributed by atoms with Gasteiger partial charge in [0.15, 0.2) is 0 Å². The Bertz CT molecular complexity index is 358. The number of methoxy groups -OCH3 is 2. The van der Waals surface area contributed by atoms with Crippen LogP contribution >= 0.6 is 0 Å². The van der Waals surface area contributed by atoms with E-state index in [-0.39, 0.29) is 24.8 Å². The first-order chi connectivity index (χ1) is 12.5. The standard InChI is InChI=1S/C17H35NO7Si/c1-6-23-26(24-7-2,25-8-3)15-9-12-18(13-10-16(19)21-4)14-11-17(20)22-5/h6-15H2,1-5H3. The molecule has 0 atom stereocenters. The molecule has 0 saturated carbocycles. The van der Waals surface area contributed by atoms with Crippen LogP contribution in [-0.2, 0) is 32.3 Å². The van der Waals surface area contributed by atoms with Crippen molar-refractivity contribution >= 4 is 20.7 Å². The van der Waals surface area contributed by atoms with Crippen molar-refractivity contribution in [2.75, 3.05) is 53.7 Å². The molecule has 0 aromatic rings. The highest BCUT2D eigenvalue weighted by Gasteiger charge is 2.39. The van der Waals surface area contributed by atoms with E-state index in [4.69, 9.17) is 22.8 Å². The summed E-state index contributed by atoms with van der Waals surface area (Å²) in [5.74, 6) is -0.538. The molecule has 0 heterocycles. The van der Waals surface area contributed by atoms with Crippen LogP contribution in [0.4, 0.5) is 0 Å². The summed E-state index contributed by atoms with van der Waals surface area (Å²) in [6.45, 7) is 9.17. The lowest BCUT2D eigenvalue weighted by Gasteiger charge is -2.29. The number of rotatable bonds is 16. The quantitative estimate of drug-likeness (QED) is 0.290. The summed E-state index contributed by atoms with van der Waals surface area (Å²) < 4.78 is 26.9. The topological polar surface area (TPSA) is 83.5 Å². The number of hydrogen-bond donors (Lipinski definition) is 0. The second-order valence-corrected chi connectivity index (χ2v) is 8.31. The van der Waals surface area contributed by atoms with Gasteiger partial charge < -0.3 is 27.7 Å². The number of hydrogen-bond acceptors (Lipinski definition) is 8. The van der Waals surface area contributed by atoms with Gasteiger partial charge in [-0.25, -0.2) is 0 Å². The Balaban J connectivity index is 4.68. The maximum absolute atomic E-state index is 11.4. The van der Waals surface area contributed by atoms with Crippen LogP contribution in [0.2, 0.25) is 6.04 Å². The van der Waals surface area contributed by atoms with Crippen molar-refractivity contribution < 1.29 is 32.3 Å². The minimum absolute atomic E-state index is 0.269. The minimum Gasteiger partial charge on any atom is -0.469 e. The molecule has 0 aliphatic heterocycles. The highest BCUT2D eigenvalue weighted by molar-refractivity contribution is 6.60. The molecule has 0 spiro atoms. The highest BCUT2D eigenvalue weighted by atomic mass is 28.4. The van der Waals surface area contributed by atoms with Gasteiger partial charge in [0.25, 0.3) is 0 Å². The normalized spacial score (nSPS) is 11.6. The molecule has 154 valence electrons. The van der Waals surface area contributed by atoms with Crippen LogP contribution in [0.1, 0.15) is 40.0 Å². The van der Waals surface area contributed by atoms with Gasteiger partial charge in [0, 0.05) is 39.0 Å². The van der Waals surface area contributed by atoms with Crippen molar-refractivity contribution in [1.82, 2.24) is 4.90 Å². The second kappa shape index (κ2) is 15.1. The fourth-order valence-corrected chi connectivity index (χ4v) is 5.15. The number of ether oxygens (including phenoxy) is 2. The van der Waals surface area contributed by atoms with Gasteiger partial charge in [0.2, 0.25) is 0 Å². The predicted octanol–water partition coefficient (Wildman–Crippen LogP) is 1.85. The highest BCUT2D eigenvalue weighted by Crippen LogP contribution is 2.18. The van der Waals surface area contributed by atoms with Gasteiger partial charge >= 0.3 is 20.7 Å². The summed E-state index contributed by atoms with van der Waals surface area (Å²) in [6, 6.07) is 0.690. The molecule has 0 amide bonds. The Morgan fingerprint density at radius 3 is 1.54 bits per heavy atom. The van der Waals surface area contributed by atoms with Crippen molar-refractivity contribution in [3.05, 3.63) is 0 Å². The largest absolute Gasteiger partial charge is 0.500 e. The zero-order chi connectivity index (χ0) is 19.8. The zero-order valence-corrected chi connectivity index (χ0v) is 17.9. The van der Waals surface area contributed by atoms with Gasteiger partial charge in [-0.3, -0.25) is 9.59 Å². The summed E-state index contributed by atoms with van der Waals surface area (Å²) in [6.07, 6.45) is 1.35. The molecule has 0 aliphatic rings. The van der Waals surface area contributed by atoms with Gasteiger partial charge in [0.05, 0.1) is 27.1 Å². The fraction of sp³-hybridized carbons (Fsp3) is 0.882.